The minimum absolute atomic E-state index is 0.0210. The van der Waals surface area contributed by atoms with Crippen molar-refractivity contribution in [2.45, 2.75) is 63.0 Å². The molecule has 1 rings (SSSR count). The molecule has 19 heavy (non-hydrogen) atoms. The number of nitrogens with zero attached hydrogens (tertiary/aromatic N) is 1. The summed E-state index contributed by atoms with van der Waals surface area (Å²) < 4.78 is 0. The molecule has 4 nitrogen and oxygen atoms in total. The van der Waals surface area contributed by atoms with E-state index in [-0.39, 0.29) is 24.1 Å². The van der Waals surface area contributed by atoms with E-state index < -0.39 is 19.9 Å². The Balaban J connectivity index is 3.25. The molecule has 3 unspecified atom stereocenters. The zero-order valence-electron chi connectivity index (χ0n) is 12.6. The van der Waals surface area contributed by atoms with Crippen molar-refractivity contribution >= 4 is 14.7 Å². The Labute approximate surface area is 117 Å². The quantitative estimate of drug-likeness (QED) is 0.456. The van der Waals surface area contributed by atoms with Crippen LogP contribution in [0, 0.1) is 0 Å². The monoisotopic (exact) mass is 284 g/mol. The van der Waals surface area contributed by atoms with E-state index in [0.29, 0.717) is 6.42 Å². The summed E-state index contributed by atoms with van der Waals surface area (Å²) in [4.78, 5) is 14.5. The van der Waals surface area contributed by atoms with Crippen molar-refractivity contribution in [2.75, 3.05) is 6.61 Å². The van der Waals surface area contributed by atoms with Crippen molar-refractivity contribution in [3.8, 4) is 0 Å². The van der Waals surface area contributed by atoms with Gasteiger partial charge in [0.15, 0.2) is 0 Å². The third-order valence-corrected chi connectivity index (χ3v) is 6.58. The minimum atomic E-state index is -1.11. The maximum absolute atomic E-state index is 12.7. The number of carbonyl (C=O) groups excluding carboxylic acids is 1. The first-order chi connectivity index (χ1) is 8.65. The van der Waals surface area contributed by atoms with Gasteiger partial charge in [0.2, 0.25) is 5.91 Å². The van der Waals surface area contributed by atoms with E-state index in [1.807, 2.05) is 38.8 Å². The molecular formula is C14H26NO3Si. The summed E-state index contributed by atoms with van der Waals surface area (Å²) in [7, 11) is -1.11. The molecule has 109 valence electrons. The Morgan fingerprint density at radius 3 is 2.37 bits per heavy atom. The predicted octanol–water partition coefficient (Wildman–Crippen LogP) is 1.42. The van der Waals surface area contributed by atoms with E-state index in [4.69, 9.17) is 0 Å². The van der Waals surface area contributed by atoms with Gasteiger partial charge in [-0.25, -0.2) is 0 Å². The highest BCUT2D eigenvalue weighted by atomic mass is 28.3. The molecule has 0 aromatic heterocycles. The molecule has 3 atom stereocenters. The second-order valence-corrected chi connectivity index (χ2v) is 9.28. The number of hydrogen-bond donors (Lipinski definition) is 2. The molecule has 0 spiro atoms. The number of aliphatic hydroxyl groups is 2. The van der Waals surface area contributed by atoms with Gasteiger partial charge in [-0.3, -0.25) is 4.79 Å². The van der Waals surface area contributed by atoms with Gasteiger partial charge >= 0.3 is 0 Å². The zero-order chi connectivity index (χ0) is 15.0. The van der Waals surface area contributed by atoms with Crippen LogP contribution in [0.2, 0.25) is 18.1 Å². The second kappa shape index (κ2) is 5.38. The molecule has 5 heteroatoms. The van der Waals surface area contributed by atoms with Crippen molar-refractivity contribution in [1.29, 1.82) is 0 Å². The number of amides is 1. The number of likely N-dealkylation sites (tertiary alicyclic amines) is 1. The van der Waals surface area contributed by atoms with Gasteiger partial charge in [-0.1, -0.05) is 19.2 Å². The number of aliphatic hydroxyl groups excluding tert-OH is 2. The van der Waals surface area contributed by atoms with Gasteiger partial charge in [0.25, 0.3) is 0 Å². The highest BCUT2D eigenvalue weighted by molar-refractivity contribution is 6.66. The minimum Gasteiger partial charge on any atom is -0.394 e. The topological polar surface area (TPSA) is 60.8 Å². The van der Waals surface area contributed by atoms with Crippen LogP contribution in [0.5, 0.6) is 0 Å². The van der Waals surface area contributed by atoms with Crippen LogP contribution in [-0.2, 0) is 4.79 Å². The van der Waals surface area contributed by atoms with Crippen molar-refractivity contribution < 1.29 is 15.0 Å². The van der Waals surface area contributed by atoms with Gasteiger partial charge in [0.1, 0.15) is 0 Å². The summed E-state index contributed by atoms with van der Waals surface area (Å²) in [6, 6.07) is -0.0662. The van der Waals surface area contributed by atoms with E-state index in [0.717, 1.165) is 0 Å². The molecule has 1 heterocycles. The Hall–Kier alpha value is -0.653. The highest BCUT2D eigenvalue weighted by Gasteiger charge is 2.67. The number of hydrogen-bond acceptors (Lipinski definition) is 3. The lowest BCUT2D eigenvalue weighted by Gasteiger charge is -2.63. The van der Waals surface area contributed by atoms with Crippen molar-refractivity contribution in [3.63, 3.8) is 0 Å². The van der Waals surface area contributed by atoms with E-state index in [1.165, 1.54) is 0 Å². The fourth-order valence-electron chi connectivity index (χ4n) is 3.23. The maximum Gasteiger partial charge on any atom is 0.231 e. The van der Waals surface area contributed by atoms with Crippen LogP contribution in [0.25, 0.3) is 0 Å². The van der Waals surface area contributed by atoms with Crippen LogP contribution < -0.4 is 0 Å². The fraction of sp³-hybridized carbons (Fsp3) is 0.786. The average molecular weight is 284 g/mol. The SMILES string of the molecule is C=CCC1N(C(C)(C)C)C(=O)C1(C(O)CO)[Si](C)C. The van der Waals surface area contributed by atoms with Gasteiger partial charge < -0.3 is 15.1 Å². The van der Waals surface area contributed by atoms with E-state index in [2.05, 4.69) is 6.58 Å². The van der Waals surface area contributed by atoms with E-state index >= 15 is 0 Å². The molecule has 2 N–H and O–H groups in total. The molecule has 1 aliphatic heterocycles. The molecule has 0 saturated carbocycles. The van der Waals surface area contributed by atoms with Gasteiger partial charge in [-0.2, -0.15) is 0 Å². The first-order valence-corrected chi connectivity index (χ1v) is 9.19. The number of rotatable bonds is 5. The fourth-order valence-corrected chi connectivity index (χ4v) is 5.45. The summed E-state index contributed by atoms with van der Waals surface area (Å²) in [6.07, 6.45) is 1.46. The molecule has 0 aliphatic carbocycles. The van der Waals surface area contributed by atoms with Crippen LogP contribution in [0.15, 0.2) is 12.7 Å². The first kappa shape index (κ1) is 16.4. The van der Waals surface area contributed by atoms with Crippen LogP contribution in [0.3, 0.4) is 0 Å². The molecule has 0 aromatic rings. The molecule has 1 radical (unpaired) electrons. The number of carbonyl (C=O) groups is 1. The second-order valence-electron chi connectivity index (χ2n) is 6.45. The predicted molar refractivity (Wildman–Crippen MR) is 78.5 cm³/mol. The molecule has 1 fully saturated rings. The summed E-state index contributed by atoms with van der Waals surface area (Å²) in [6.45, 7) is 13.4. The van der Waals surface area contributed by atoms with Crippen LogP contribution in [0.1, 0.15) is 27.2 Å². The molecule has 1 aliphatic rings. The largest absolute Gasteiger partial charge is 0.394 e. The Morgan fingerprint density at radius 2 is 2.05 bits per heavy atom. The zero-order valence-corrected chi connectivity index (χ0v) is 13.6. The molecular weight excluding hydrogens is 258 g/mol. The van der Waals surface area contributed by atoms with Gasteiger partial charge in [-0.15, -0.1) is 6.58 Å². The molecule has 1 amide bonds. The van der Waals surface area contributed by atoms with Crippen molar-refractivity contribution in [1.82, 2.24) is 4.90 Å². The van der Waals surface area contributed by atoms with Crippen LogP contribution in [0.4, 0.5) is 0 Å². The lowest BCUT2D eigenvalue weighted by molar-refractivity contribution is -0.174. The Morgan fingerprint density at radius 1 is 1.53 bits per heavy atom. The van der Waals surface area contributed by atoms with Crippen molar-refractivity contribution in [2.24, 2.45) is 0 Å². The summed E-state index contributed by atoms with van der Waals surface area (Å²) >= 11 is 0. The smallest absolute Gasteiger partial charge is 0.231 e. The van der Waals surface area contributed by atoms with Crippen LogP contribution >= 0.6 is 0 Å². The molecule has 1 saturated heterocycles. The van der Waals surface area contributed by atoms with Gasteiger partial charge in [-0.05, 0) is 27.2 Å². The lowest BCUT2D eigenvalue weighted by atomic mass is 9.76. The Bertz CT molecular complexity index is 364. The summed E-state index contributed by atoms with van der Waals surface area (Å²) in [5.41, 5.74) is -0.277. The first-order valence-electron chi connectivity index (χ1n) is 6.69. The van der Waals surface area contributed by atoms with Gasteiger partial charge in [0, 0.05) is 11.6 Å². The maximum atomic E-state index is 12.7. The summed E-state index contributed by atoms with van der Waals surface area (Å²) in [5, 5.41) is 18.8. The van der Waals surface area contributed by atoms with E-state index in [9.17, 15) is 15.0 Å². The van der Waals surface area contributed by atoms with Crippen molar-refractivity contribution in [3.05, 3.63) is 12.7 Å². The highest BCUT2D eigenvalue weighted by Crippen LogP contribution is 2.55. The summed E-state index contributed by atoms with van der Waals surface area (Å²) in [5.74, 6) is -0.0210. The molecule has 0 aromatic carbocycles. The third-order valence-electron chi connectivity index (χ3n) is 4.05. The standard InChI is InChI=1S/C14H26NO3Si/c1-7-8-10-14(19(5)6,11(17)9-16)12(18)15(10)13(2,3)4/h7,10-11,16-17H,1,8-9H2,2-6H3. The van der Waals surface area contributed by atoms with Gasteiger partial charge in [0.05, 0.1) is 26.5 Å². The average Bonchev–Trinajstić information content (AvgIpc) is 2.26. The number of β-lactam (4-membered cyclic amide) rings is 1. The molecule has 0 bridgehead atoms. The van der Waals surface area contributed by atoms with E-state index in [1.54, 1.807) is 6.08 Å². The third kappa shape index (κ3) is 2.28. The van der Waals surface area contributed by atoms with Crippen LogP contribution in [-0.4, -0.2) is 54.1 Å². The lowest BCUT2D eigenvalue weighted by Crippen LogP contribution is -2.76. The Kier molecular flexibility index (Phi) is 4.65. The normalized spacial score (nSPS) is 29.4.